The Bertz CT molecular complexity index is 489. The lowest BCUT2D eigenvalue weighted by molar-refractivity contribution is 0.997. The summed E-state index contributed by atoms with van der Waals surface area (Å²) in [6.45, 7) is 0.581. The maximum absolute atomic E-state index is 5.76. The summed E-state index contributed by atoms with van der Waals surface area (Å²) in [5.41, 5.74) is 1.04. The van der Waals surface area contributed by atoms with Crippen molar-refractivity contribution < 1.29 is 0 Å². The van der Waals surface area contributed by atoms with Gasteiger partial charge in [0.2, 0.25) is 17.2 Å². The number of nitrogens with one attached hydrogen (secondary N) is 2. The minimum atomic E-state index is 0.151. The molecule has 0 aliphatic rings. The zero-order chi connectivity index (χ0) is 12.1. The van der Waals surface area contributed by atoms with Gasteiger partial charge in [-0.15, -0.1) is 0 Å². The molecule has 0 aromatic carbocycles. The Hall–Kier alpha value is -1.95. The molecule has 0 fully saturated rings. The quantitative estimate of drug-likeness (QED) is 0.858. The van der Waals surface area contributed by atoms with Crippen molar-refractivity contribution in [2.75, 3.05) is 17.7 Å². The lowest BCUT2D eigenvalue weighted by atomic mass is 10.3. The third kappa shape index (κ3) is 3.25. The van der Waals surface area contributed by atoms with Crippen LogP contribution in [0, 0.1) is 0 Å². The molecule has 0 bridgehead atoms. The lowest BCUT2D eigenvalue weighted by Crippen LogP contribution is -2.07. The van der Waals surface area contributed by atoms with Gasteiger partial charge in [0.25, 0.3) is 0 Å². The maximum Gasteiger partial charge on any atom is 0.229 e. The third-order valence-corrected chi connectivity index (χ3v) is 2.17. The third-order valence-electron chi connectivity index (χ3n) is 2.01. The normalized spacial score (nSPS) is 10.0. The minimum Gasteiger partial charge on any atom is -0.357 e. The standard InChI is InChI=1S/C10H11ClN6/c1-12-9-15-8(11)16-10(17-9)14-6-7-3-2-4-13-5-7/h2-5H,6H2,1H3,(H2,12,14,15,16,17). The van der Waals surface area contributed by atoms with E-state index in [1.165, 1.54) is 0 Å². The number of halogens is 1. The summed E-state index contributed by atoms with van der Waals surface area (Å²) in [4.78, 5) is 16.0. The van der Waals surface area contributed by atoms with E-state index in [0.717, 1.165) is 5.56 Å². The van der Waals surface area contributed by atoms with Gasteiger partial charge in [0, 0.05) is 26.0 Å². The van der Waals surface area contributed by atoms with Gasteiger partial charge in [-0.05, 0) is 23.2 Å². The van der Waals surface area contributed by atoms with Crippen LogP contribution in [0.5, 0.6) is 0 Å². The first kappa shape index (κ1) is 11.5. The number of hydrogen-bond donors (Lipinski definition) is 2. The minimum absolute atomic E-state index is 0.151. The molecule has 2 rings (SSSR count). The Morgan fingerprint density at radius 1 is 1.24 bits per heavy atom. The van der Waals surface area contributed by atoms with Gasteiger partial charge < -0.3 is 10.6 Å². The Morgan fingerprint density at radius 3 is 2.76 bits per heavy atom. The van der Waals surface area contributed by atoms with Crippen LogP contribution in [0.4, 0.5) is 11.9 Å². The monoisotopic (exact) mass is 250 g/mol. The fourth-order valence-electron chi connectivity index (χ4n) is 1.22. The molecule has 0 unspecified atom stereocenters. The van der Waals surface area contributed by atoms with Gasteiger partial charge in [-0.3, -0.25) is 4.98 Å². The highest BCUT2D eigenvalue weighted by atomic mass is 35.5. The van der Waals surface area contributed by atoms with Gasteiger partial charge in [-0.1, -0.05) is 6.07 Å². The molecule has 0 atom stereocenters. The SMILES string of the molecule is CNc1nc(Cl)nc(NCc2cccnc2)n1. The highest BCUT2D eigenvalue weighted by Gasteiger charge is 2.03. The van der Waals surface area contributed by atoms with Crippen molar-refractivity contribution in [2.24, 2.45) is 0 Å². The summed E-state index contributed by atoms with van der Waals surface area (Å²) in [5.74, 6) is 0.858. The van der Waals surface area contributed by atoms with Crippen molar-refractivity contribution in [3.8, 4) is 0 Å². The zero-order valence-corrected chi connectivity index (χ0v) is 9.94. The highest BCUT2D eigenvalue weighted by Crippen LogP contribution is 2.09. The molecule has 2 N–H and O–H groups in total. The van der Waals surface area contributed by atoms with Gasteiger partial charge in [0.15, 0.2) is 0 Å². The summed E-state index contributed by atoms with van der Waals surface area (Å²) in [5, 5.41) is 6.01. The topological polar surface area (TPSA) is 75.6 Å². The fraction of sp³-hybridized carbons (Fsp3) is 0.200. The highest BCUT2D eigenvalue weighted by molar-refractivity contribution is 6.28. The number of nitrogens with zero attached hydrogens (tertiary/aromatic N) is 4. The van der Waals surface area contributed by atoms with Crippen LogP contribution < -0.4 is 10.6 Å². The predicted octanol–water partition coefficient (Wildman–Crippen LogP) is 1.57. The molecule has 2 aromatic rings. The van der Waals surface area contributed by atoms with E-state index >= 15 is 0 Å². The summed E-state index contributed by atoms with van der Waals surface area (Å²) >= 11 is 5.76. The van der Waals surface area contributed by atoms with Crippen molar-refractivity contribution in [3.63, 3.8) is 0 Å². The predicted molar refractivity (Wildman–Crippen MR) is 65.9 cm³/mol. The summed E-state index contributed by atoms with van der Waals surface area (Å²) in [7, 11) is 1.72. The molecular weight excluding hydrogens is 240 g/mol. The van der Waals surface area contributed by atoms with Crippen molar-refractivity contribution >= 4 is 23.5 Å². The summed E-state index contributed by atoms with van der Waals surface area (Å²) in [6.07, 6.45) is 3.50. The average Bonchev–Trinajstić information content (AvgIpc) is 2.37. The van der Waals surface area contributed by atoms with E-state index in [9.17, 15) is 0 Å². The molecule has 0 amide bonds. The molecule has 17 heavy (non-hydrogen) atoms. The molecule has 0 saturated heterocycles. The summed E-state index contributed by atoms with van der Waals surface area (Å²) in [6, 6.07) is 3.83. The largest absolute Gasteiger partial charge is 0.357 e. The van der Waals surface area contributed by atoms with Crippen LogP contribution in [0.2, 0.25) is 5.28 Å². The van der Waals surface area contributed by atoms with Crippen molar-refractivity contribution in [2.45, 2.75) is 6.54 Å². The first-order valence-corrected chi connectivity index (χ1v) is 5.38. The van der Waals surface area contributed by atoms with Crippen LogP contribution in [-0.2, 0) is 6.54 Å². The lowest BCUT2D eigenvalue weighted by Gasteiger charge is -2.06. The smallest absolute Gasteiger partial charge is 0.229 e. The van der Waals surface area contributed by atoms with Crippen molar-refractivity contribution in [3.05, 3.63) is 35.4 Å². The van der Waals surface area contributed by atoms with Crippen LogP contribution in [-0.4, -0.2) is 27.0 Å². The van der Waals surface area contributed by atoms with E-state index in [0.29, 0.717) is 18.4 Å². The first-order chi connectivity index (χ1) is 8.28. The number of pyridine rings is 1. The molecule has 88 valence electrons. The van der Waals surface area contributed by atoms with Gasteiger partial charge in [-0.25, -0.2) is 0 Å². The first-order valence-electron chi connectivity index (χ1n) is 5.00. The van der Waals surface area contributed by atoms with E-state index in [-0.39, 0.29) is 5.28 Å². The Balaban J connectivity index is 2.06. The van der Waals surface area contributed by atoms with E-state index in [4.69, 9.17) is 11.6 Å². The molecule has 2 aromatic heterocycles. The van der Waals surface area contributed by atoms with Gasteiger partial charge in [0.05, 0.1) is 0 Å². The molecule has 0 spiro atoms. The maximum atomic E-state index is 5.76. The van der Waals surface area contributed by atoms with E-state index in [2.05, 4.69) is 30.6 Å². The number of anilines is 2. The van der Waals surface area contributed by atoms with E-state index in [1.54, 1.807) is 19.4 Å². The van der Waals surface area contributed by atoms with Crippen molar-refractivity contribution in [1.29, 1.82) is 0 Å². The molecule has 6 nitrogen and oxygen atoms in total. The Labute approximate surface area is 103 Å². The number of hydrogen-bond acceptors (Lipinski definition) is 6. The molecule has 0 radical (unpaired) electrons. The molecule has 7 heteroatoms. The molecule has 2 heterocycles. The zero-order valence-electron chi connectivity index (χ0n) is 9.18. The second kappa shape index (κ2) is 5.40. The molecular formula is C10H11ClN6. The van der Waals surface area contributed by atoms with Crippen LogP contribution in [0.3, 0.4) is 0 Å². The fourth-order valence-corrected chi connectivity index (χ4v) is 1.38. The summed E-state index contributed by atoms with van der Waals surface area (Å²) < 4.78 is 0. The van der Waals surface area contributed by atoms with Crippen LogP contribution in [0.25, 0.3) is 0 Å². The van der Waals surface area contributed by atoms with Crippen LogP contribution in [0.15, 0.2) is 24.5 Å². The second-order valence-corrected chi connectivity index (χ2v) is 3.55. The van der Waals surface area contributed by atoms with Gasteiger partial charge >= 0.3 is 0 Å². The molecule has 0 aliphatic carbocycles. The van der Waals surface area contributed by atoms with Gasteiger partial charge in [0.1, 0.15) is 0 Å². The van der Waals surface area contributed by atoms with Crippen LogP contribution in [0.1, 0.15) is 5.56 Å². The molecule has 0 saturated carbocycles. The van der Waals surface area contributed by atoms with Gasteiger partial charge in [-0.2, -0.15) is 15.0 Å². The average molecular weight is 251 g/mol. The second-order valence-electron chi connectivity index (χ2n) is 3.22. The Kier molecular flexibility index (Phi) is 3.66. The van der Waals surface area contributed by atoms with E-state index < -0.39 is 0 Å². The van der Waals surface area contributed by atoms with Crippen LogP contribution >= 0.6 is 11.6 Å². The Morgan fingerprint density at radius 2 is 2.06 bits per heavy atom. The molecule has 0 aliphatic heterocycles. The van der Waals surface area contributed by atoms with E-state index in [1.807, 2.05) is 12.1 Å². The number of aromatic nitrogens is 4. The number of rotatable bonds is 4. The van der Waals surface area contributed by atoms with Crippen molar-refractivity contribution in [1.82, 2.24) is 19.9 Å².